The third kappa shape index (κ3) is 2.11. The molecule has 1 spiro atoms. The Hall–Kier alpha value is -1.09. The lowest BCUT2D eigenvalue weighted by Crippen LogP contribution is -2.95. The van der Waals surface area contributed by atoms with Crippen molar-refractivity contribution in [2.45, 2.75) is 54.7 Å². The van der Waals surface area contributed by atoms with Gasteiger partial charge in [-0.3, -0.25) is 0 Å². The summed E-state index contributed by atoms with van der Waals surface area (Å²) < 4.78 is 10.3. The molecule has 5 rings (SSSR count). The number of nitrogens with zero attached hydrogens (tertiary/aromatic N) is 1. The number of ether oxygens (including phenoxy) is 2. The topological polar surface area (TPSA) is 210 Å². The van der Waals surface area contributed by atoms with E-state index >= 15 is 0 Å². The van der Waals surface area contributed by atoms with E-state index in [0.717, 1.165) is 0 Å². The van der Waals surface area contributed by atoms with Gasteiger partial charge in [-0.15, -0.1) is 0 Å². The summed E-state index contributed by atoms with van der Waals surface area (Å²) in [5.41, 5.74) is 1.74. The molecule has 0 aromatic heterocycles. The van der Waals surface area contributed by atoms with Crippen LogP contribution in [0.1, 0.15) is 6.92 Å². The number of rotatable bonds is 1. The minimum atomic E-state index is -2.52. The second-order valence-corrected chi connectivity index (χ2v) is 6.53. The van der Waals surface area contributed by atoms with Gasteiger partial charge in [0.2, 0.25) is 0 Å². The molecule has 0 aromatic rings. The van der Waals surface area contributed by atoms with E-state index < -0.39 is 60.3 Å². The fourth-order valence-corrected chi connectivity index (χ4v) is 4.24. The van der Waals surface area contributed by atoms with Crippen molar-refractivity contribution in [2.75, 3.05) is 13.2 Å². The molecular weight excluding hydrogens is 342 g/mol. The SMILES string of the molecule is CCO.NC1=N[C@H](O)[C@H]2[C@H]3O[C@]4(O)O[C@@H](C(O)[C@@]2(N1)[C@@H]4O)[C@]3(O)CO. The van der Waals surface area contributed by atoms with E-state index in [1.54, 1.807) is 6.92 Å². The summed E-state index contributed by atoms with van der Waals surface area (Å²) in [7, 11) is 0. The highest BCUT2D eigenvalue weighted by Crippen LogP contribution is 2.58. The van der Waals surface area contributed by atoms with Crippen molar-refractivity contribution in [1.82, 2.24) is 5.32 Å². The highest BCUT2D eigenvalue weighted by atomic mass is 16.9. The number of nitrogens with two attached hydrogens (primary N) is 1. The van der Waals surface area contributed by atoms with Gasteiger partial charge in [0.1, 0.15) is 29.5 Å². The van der Waals surface area contributed by atoms with Crippen molar-refractivity contribution in [3.63, 3.8) is 0 Å². The summed E-state index contributed by atoms with van der Waals surface area (Å²) in [6.45, 7) is 1.07. The van der Waals surface area contributed by atoms with Crippen LogP contribution in [0.2, 0.25) is 0 Å². The lowest BCUT2D eigenvalue weighted by molar-refractivity contribution is -0.548. The summed E-state index contributed by atoms with van der Waals surface area (Å²) >= 11 is 0. The molecule has 4 bridgehead atoms. The Morgan fingerprint density at radius 1 is 1.16 bits per heavy atom. The maximum Gasteiger partial charge on any atom is 0.311 e. The van der Waals surface area contributed by atoms with Crippen LogP contribution in [0.3, 0.4) is 0 Å². The van der Waals surface area contributed by atoms with Crippen molar-refractivity contribution in [1.29, 1.82) is 0 Å². The predicted molar refractivity (Wildman–Crippen MR) is 78.5 cm³/mol. The molecule has 144 valence electrons. The van der Waals surface area contributed by atoms with Gasteiger partial charge in [-0.05, 0) is 6.92 Å². The molecule has 1 aliphatic carbocycles. The van der Waals surface area contributed by atoms with Crippen LogP contribution in [0, 0.1) is 5.92 Å². The molecule has 0 radical (unpaired) electrons. The van der Waals surface area contributed by atoms with Crippen molar-refractivity contribution >= 4 is 5.96 Å². The normalized spacial score (nSPS) is 55.6. The van der Waals surface area contributed by atoms with Gasteiger partial charge in [0, 0.05) is 6.61 Å². The smallest absolute Gasteiger partial charge is 0.311 e. The van der Waals surface area contributed by atoms with Crippen LogP contribution in [0.4, 0.5) is 0 Å². The summed E-state index contributed by atoms with van der Waals surface area (Å²) in [5, 5.41) is 71.9. The first kappa shape index (κ1) is 18.7. The first-order valence-corrected chi connectivity index (χ1v) is 7.80. The number of aliphatic hydroxyl groups is 7. The molecule has 1 saturated carbocycles. The van der Waals surface area contributed by atoms with Gasteiger partial charge < -0.3 is 56.3 Å². The lowest BCUT2D eigenvalue weighted by Gasteiger charge is -2.71. The van der Waals surface area contributed by atoms with E-state index in [-0.39, 0.29) is 12.6 Å². The van der Waals surface area contributed by atoms with Gasteiger partial charge in [0.25, 0.3) is 0 Å². The van der Waals surface area contributed by atoms with Gasteiger partial charge in [-0.1, -0.05) is 0 Å². The Bertz CT molecular complexity index is 579. The molecule has 12 heteroatoms. The van der Waals surface area contributed by atoms with Crippen LogP contribution in [0.25, 0.3) is 0 Å². The van der Waals surface area contributed by atoms with Crippen molar-refractivity contribution in [2.24, 2.45) is 16.6 Å². The molecular formula is C13H23N3O9. The quantitative estimate of drug-likeness (QED) is 0.214. The van der Waals surface area contributed by atoms with E-state index in [2.05, 4.69) is 10.3 Å². The Labute approximate surface area is 142 Å². The van der Waals surface area contributed by atoms with Gasteiger partial charge in [-0.2, -0.15) is 0 Å². The number of aliphatic imine (C=N–C) groups is 1. The summed E-state index contributed by atoms with van der Waals surface area (Å²) in [5.74, 6) is -3.95. The van der Waals surface area contributed by atoms with E-state index in [1.807, 2.05) is 0 Å². The third-order valence-electron chi connectivity index (χ3n) is 5.22. The van der Waals surface area contributed by atoms with Crippen LogP contribution in [0.15, 0.2) is 4.99 Å². The maximum atomic E-state index is 10.6. The van der Waals surface area contributed by atoms with Crippen LogP contribution in [-0.2, 0) is 9.47 Å². The molecule has 4 aliphatic heterocycles. The molecule has 10 N–H and O–H groups in total. The van der Waals surface area contributed by atoms with Crippen LogP contribution < -0.4 is 11.1 Å². The molecule has 9 atom stereocenters. The van der Waals surface area contributed by atoms with Crippen molar-refractivity contribution < 1.29 is 45.2 Å². The summed E-state index contributed by atoms with van der Waals surface area (Å²) in [6, 6.07) is 0. The molecule has 0 amide bonds. The fraction of sp³-hybridized carbons (Fsp3) is 0.923. The van der Waals surface area contributed by atoms with Crippen LogP contribution in [0.5, 0.6) is 0 Å². The first-order chi connectivity index (χ1) is 11.6. The zero-order valence-electron chi connectivity index (χ0n) is 13.3. The third-order valence-corrected chi connectivity index (χ3v) is 5.22. The predicted octanol–water partition coefficient (Wildman–Crippen LogP) is -5.52. The molecule has 5 aliphatic rings. The number of nitrogens with one attached hydrogen (secondary N) is 1. The number of hydrogen-bond acceptors (Lipinski definition) is 12. The highest BCUT2D eigenvalue weighted by Gasteiger charge is 2.82. The number of guanidine groups is 1. The molecule has 1 unspecified atom stereocenters. The maximum absolute atomic E-state index is 10.6. The zero-order chi connectivity index (χ0) is 18.8. The highest BCUT2D eigenvalue weighted by molar-refractivity contribution is 5.80. The zero-order valence-corrected chi connectivity index (χ0v) is 13.3. The van der Waals surface area contributed by atoms with E-state index in [1.165, 1.54) is 0 Å². The molecule has 12 nitrogen and oxygen atoms in total. The fourth-order valence-electron chi connectivity index (χ4n) is 4.24. The molecule has 0 aromatic carbocycles. The average Bonchev–Trinajstić information content (AvgIpc) is 2.53. The Morgan fingerprint density at radius 3 is 2.28 bits per heavy atom. The van der Waals surface area contributed by atoms with Crippen molar-refractivity contribution in [3.05, 3.63) is 0 Å². The van der Waals surface area contributed by atoms with Gasteiger partial charge in [0.05, 0.1) is 12.5 Å². The van der Waals surface area contributed by atoms with E-state index in [9.17, 15) is 30.6 Å². The lowest BCUT2D eigenvalue weighted by atomic mass is 9.55. The Balaban J connectivity index is 0.000000569. The minimum Gasteiger partial charge on any atom is -0.397 e. The van der Waals surface area contributed by atoms with Gasteiger partial charge >= 0.3 is 5.97 Å². The average molecular weight is 365 g/mol. The van der Waals surface area contributed by atoms with E-state index in [0.29, 0.717) is 0 Å². The number of hydrogen-bond donors (Lipinski definition) is 9. The molecule has 4 heterocycles. The minimum absolute atomic E-state index is 0.250. The summed E-state index contributed by atoms with van der Waals surface area (Å²) in [4.78, 5) is 3.70. The second-order valence-electron chi connectivity index (χ2n) is 6.53. The van der Waals surface area contributed by atoms with Crippen LogP contribution >= 0.6 is 0 Å². The number of aliphatic hydroxyl groups excluding tert-OH is 5. The van der Waals surface area contributed by atoms with Crippen LogP contribution in [-0.4, -0.2) is 103 Å². The Morgan fingerprint density at radius 2 is 1.72 bits per heavy atom. The molecule has 25 heavy (non-hydrogen) atoms. The van der Waals surface area contributed by atoms with Crippen molar-refractivity contribution in [3.8, 4) is 0 Å². The second kappa shape index (κ2) is 5.70. The molecule has 4 fully saturated rings. The largest absolute Gasteiger partial charge is 0.397 e. The summed E-state index contributed by atoms with van der Waals surface area (Å²) in [6.07, 6.45) is -7.77. The first-order valence-electron chi connectivity index (χ1n) is 7.80. The van der Waals surface area contributed by atoms with Gasteiger partial charge in [0.15, 0.2) is 18.3 Å². The standard InChI is InChI=1S/C11H17N3O8.C2H6O/c12-8-13-6(17)2-4-9(19,1-15)5-3(16)10(2,14-8)7(18)11(20,21-4)22-5;1-2-3/h2-7,15-20H,1H2,(H3,12,13,14);3H,2H2,1H3/t2-,3?,4-,5+,6-,7+,9+,10-,11+;/m1./s1. The van der Waals surface area contributed by atoms with E-state index in [4.69, 9.17) is 20.3 Å². The van der Waals surface area contributed by atoms with Gasteiger partial charge in [-0.25, -0.2) is 4.99 Å². The monoisotopic (exact) mass is 365 g/mol. The Kier molecular flexibility index (Phi) is 4.27. The molecule has 3 saturated heterocycles.